The van der Waals surface area contributed by atoms with Crippen molar-refractivity contribution >= 4 is 21.7 Å². The lowest BCUT2D eigenvalue weighted by Crippen LogP contribution is -2.26. The maximum atomic E-state index is 12.6. The molecule has 0 aliphatic heterocycles. The van der Waals surface area contributed by atoms with Crippen LogP contribution in [0.4, 0.5) is 11.6 Å². The SMILES string of the molecule is CCCN(CCC)c1ccc(NS(=O)(=O)c2ccc(OC)cc2C)nn1. The molecule has 0 fully saturated rings. The third-order valence-electron chi connectivity index (χ3n) is 3.87. The Morgan fingerprint density at radius 1 is 1.08 bits per heavy atom. The van der Waals surface area contributed by atoms with Crippen molar-refractivity contribution in [2.75, 3.05) is 29.8 Å². The number of aryl methyl sites for hydroxylation is 1. The number of nitrogens with one attached hydrogen (secondary N) is 1. The topological polar surface area (TPSA) is 84.4 Å². The van der Waals surface area contributed by atoms with Crippen molar-refractivity contribution in [2.24, 2.45) is 0 Å². The lowest BCUT2D eigenvalue weighted by Gasteiger charge is -2.21. The maximum Gasteiger partial charge on any atom is 0.263 e. The largest absolute Gasteiger partial charge is 0.497 e. The lowest BCUT2D eigenvalue weighted by atomic mass is 10.2. The molecule has 1 aromatic heterocycles. The van der Waals surface area contributed by atoms with Crippen LogP contribution in [0.25, 0.3) is 0 Å². The van der Waals surface area contributed by atoms with Crippen LogP contribution in [-0.4, -0.2) is 38.8 Å². The number of aromatic nitrogens is 2. The fraction of sp³-hybridized carbons (Fsp3) is 0.444. The maximum absolute atomic E-state index is 12.6. The average molecular weight is 378 g/mol. The number of hydrogen-bond donors (Lipinski definition) is 1. The molecule has 0 bridgehead atoms. The standard InChI is InChI=1S/C18H26N4O3S/c1-5-11-22(12-6-2)18-10-9-17(19-20-18)21-26(23,24)16-8-7-15(25-4)13-14(16)3/h7-10,13H,5-6,11-12H2,1-4H3,(H,19,21). The molecular weight excluding hydrogens is 352 g/mol. The summed E-state index contributed by atoms with van der Waals surface area (Å²) >= 11 is 0. The van der Waals surface area contributed by atoms with Crippen LogP contribution < -0.4 is 14.4 Å². The van der Waals surface area contributed by atoms with Crippen LogP contribution in [0.1, 0.15) is 32.3 Å². The number of benzene rings is 1. The van der Waals surface area contributed by atoms with Crippen LogP contribution in [-0.2, 0) is 10.0 Å². The number of ether oxygens (including phenoxy) is 1. The molecule has 0 radical (unpaired) electrons. The molecule has 0 saturated carbocycles. The van der Waals surface area contributed by atoms with Gasteiger partial charge in [-0.15, -0.1) is 10.2 Å². The summed E-state index contributed by atoms with van der Waals surface area (Å²) in [6, 6.07) is 8.23. The van der Waals surface area contributed by atoms with Crippen LogP contribution in [0.5, 0.6) is 5.75 Å². The first-order valence-corrected chi connectivity index (χ1v) is 10.2. The first-order chi connectivity index (χ1) is 12.4. The van der Waals surface area contributed by atoms with E-state index in [2.05, 4.69) is 33.7 Å². The summed E-state index contributed by atoms with van der Waals surface area (Å²) in [5.41, 5.74) is 0.596. The van der Waals surface area contributed by atoms with Crippen molar-refractivity contribution in [1.82, 2.24) is 10.2 Å². The summed E-state index contributed by atoms with van der Waals surface area (Å²) in [4.78, 5) is 2.32. The van der Waals surface area contributed by atoms with E-state index in [1.54, 1.807) is 38.3 Å². The van der Waals surface area contributed by atoms with Gasteiger partial charge >= 0.3 is 0 Å². The molecule has 0 spiro atoms. The van der Waals surface area contributed by atoms with Gasteiger partial charge in [-0.25, -0.2) is 8.42 Å². The van der Waals surface area contributed by atoms with E-state index < -0.39 is 10.0 Å². The third kappa shape index (κ3) is 4.85. The van der Waals surface area contributed by atoms with Gasteiger partial charge in [-0.2, -0.15) is 0 Å². The zero-order valence-electron chi connectivity index (χ0n) is 15.7. The van der Waals surface area contributed by atoms with Crippen molar-refractivity contribution in [3.05, 3.63) is 35.9 Å². The van der Waals surface area contributed by atoms with Crippen molar-refractivity contribution < 1.29 is 13.2 Å². The van der Waals surface area contributed by atoms with Gasteiger partial charge in [0.1, 0.15) is 5.75 Å². The highest BCUT2D eigenvalue weighted by Gasteiger charge is 2.18. The van der Waals surface area contributed by atoms with E-state index in [1.165, 1.54) is 6.07 Å². The summed E-state index contributed by atoms with van der Waals surface area (Å²) in [5.74, 6) is 1.55. The Bertz CT molecular complexity index is 817. The van der Waals surface area contributed by atoms with E-state index in [4.69, 9.17) is 4.74 Å². The van der Waals surface area contributed by atoms with Gasteiger partial charge in [0.05, 0.1) is 12.0 Å². The Hall–Kier alpha value is -2.35. The molecule has 0 unspecified atom stereocenters. The molecule has 0 saturated heterocycles. The number of methoxy groups -OCH3 is 1. The van der Waals surface area contributed by atoms with Crippen molar-refractivity contribution in [3.8, 4) is 5.75 Å². The summed E-state index contributed by atoms with van der Waals surface area (Å²) < 4.78 is 32.8. The van der Waals surface area contributed by atoms with Gasteiger partial charge in [-0.05, 0) is 55.7 Å². The van der Waals surface area contributed by atoms with Gasteiger partial charge in [0.25, 0.3) is 10.0 Å². The van der Waals surface area contributed by atoms with E-state index in [9.17, 15) is 8.42 Å². The van der Waals surface area contributed by atoms with Crippen LogP contribution in [0, 0.1) is 6.92 Å². The quantitative estimate of drug-likeness (QED) is 0.721. The van der Waals surface area contributed by atoms with E-state index >= 15 is 0 Å². The van der Waals surface area contributed by atoms with Gasteiger partial charge in [0.15, 0.2) is 11.6 Å². The lowest BCUT2D eigenvalue weighted by molar-refractivity contribution is 0.414. The number of sulfonamides is 1. The molecule has 2 rings (SSSR count). The monoisotopic (exact) mass is 378 g/mol. The summed E-state index contributed by atoms with van der Waals surface area (Å²) in [7, 11) is -2.20. The first kappa shape index (κ1) is 20.0. The Labute approximate surface area is 155 Å². The first-order valence-electron chi connectivity index (χ1n) is 8.67. The van der Waals surface area contributed by atoms with E-state index in [0.717, 1.165) is 31.7 Å². The molecular formula is C18H26N4O3S. The Kier molecular flexibility index (Phi) is 6.79. The highest BCUT2D eigenvalue weighted by atomic mass is 32.2. The third-order valence-corrected chi connectivity index (χ3v) is 5.39. The minimum atomic E-state index is -3.74. The predicted molar refractivity (Wildman–Crippen MR) is 103 cm³/mol. The fourth-order valence-electron chi connectivity index (χ4n) is 2.67. The van der Waals surface area contributed by atoms with E-state index in [0.29, 0.717) is 11.3 Å². The molecule has 1 N–H and O–H groups in total. The zero-order valence-corrected chi connectivity index (χ0v) is 16.5. The predicted octanol–water partition coefficient (Wildman–Crippen LogP) is 3.22. The second kappa shape index (κ2) is 8.84. The van der Waals surface area contributed by atoms with Gasteiger partial charge in [0.2, 0.25) is 0 Å². The fourth-order valence-corrected chi connectivity index (χ4v) is 3.90. The highest BCUT2D eigenvalue weighted by molar-refractivity contribution is 7.92. The molecule has 8 heteroatoms. The van der Waals surface area contributed by atoms with Crippen molar-refractivity contribution in [3.63, 3.8) is 0 Å². The Balaban J connectivity index is 2.19. The Morgan fingerprint density at radius 2 is 1.77 bits per heavy atom. The summed E-state index contributed by atoms with van der Waals surface area (Å²) in [6.45, 7) is 7.71. The van der Waals surface area contributed by atoms with Crippen molar-refractivity contribution in [1.29, 1.82) is 0 Å². The highest BCUT2D eigenvalue weighted by Crippen LogP contribution is 2.23. The molecule has 7 nitrogen and oxygen atoms in total. The molecule has 0 aliphatic rings. The molecule has 142 valence electrons. The van der Waals surface area contributed by atoms with Crippen molar-refractivity contribution in [2.45, 2.75) is 38.5 Å². The van der Waals surface area contributed by atoms with Gasteiger partial charge in [0, 0.05) is 13.1 Å². The normalized spacial score (nSPS) is 11.2. The molecule has 1 aromatic carbocycles. The zero-order chi connectivity index (χ0) is 19.2. The van der Waals surface area contributed by atoms with Crippen LogP contribution in [0.3, 0.4) is 0 Å². The average Bonchev–Trinajstić information content (AvgIpc) is 2.61. The van der Waals surface area contributed by atoms with Gasteiger partial charge in [-0.1, -0.05) is 13.8 Å². The summed E-state index contributed by atoms with van der Waals surface area (Å²) in [6.07, 6.45) is 2.01. The van der Waals surface area contributed by atoms with Crippen LogP contribution >= 0.6 is 0 Å². The molecule has 2 aromatic rings. The van der Waals surface area contributed by atoms with Gasteiger partial charge < -0.3 is 9.64 Å². The minimum Gasteiger partial charge on any atom is -0.497 e. The minimum absolute atomic E-state index is 0.183. The molecule has 0 aliphatic carbocycles. The number of anilines is 2. The molecule has 1 heterocycles. The van der Waals surface area contributed by atoms with Crippen LogP contribution in [0.15, 0.2) is 35.2 Å². The summed E-state index contributed by atoms with van der Waals surface area (Å²) in [5, 5.41) is 8.20. The molecule has 0 atom stereocenters. The van der Waals surface area contributed by atoms with Gasteiger partial charge in [-0.3, -0.25) is 4.72 Å². The smallest absolute Gasteiger partial charge is 0.263 e. The van der Waals surface area contributed by atoms with E-state index in [-0.39, 0.29) is 10.7 Å². The molecule has 26 heavy (non-hydrogen) atoms. The number of hydrogen-bond acceptors (Lipinski definition) is 6. The number of rotatable bonds is 9. The second-order valence-corrected chi connectivity index (χ2v) is 7.65. The molecule has 0 amide bonds. The van der Waals surface area contributed by atoms with E-state index in [1.807, 2.05) is 0 Å². The number of nitrogens with zero attached hydrogens (tertiary/aromatic N) is 3. The second-order valence-electron chi connectivity index (χ2n) is 6.00. The Morgan fingerprint density at radius 3 is 2.27 bits per heavy atom. The van der Waals surface area contributed by atoms with Crippen LogP contribution in [0.2, 0.25) is 0 Å².